The molecule has 1 N–H and O–H groups in total. The van der Waals surface area contributed by atoms with E-state index in [0.29, 0.717) is 0 Å². The van der Waals surface area contributed by atoms with Crippen molar-refractivity contribution in [2.45, 2.75) is 19.3 Å². The van der Waals surface area contributed by atoms with Crippen molar-refractivity contribution in [2.24, 2.45) is 0 Å². The van der Waals surface area contributed by atoms with Gasteiger partial charge in [0.1, 0.15) is 6.61 Å². The van der Waals surface area contributed by atoms with Gasteiger partial charge in [-0.1, -0.05) is 60.7 Å². The van der Waals surface area contributed by atoms with Gasteiger partial charge in [-0.05, 0) is 11.1 Å². The number of rotatable bonds is 9. The zero-order chi connectivity index (χ0) is 17.9. The fourth-order valence-electron chi connectivity index (χ4n) is 1.94. The fraction of sp³-hybridized carbons (Fsp3) is 0.263. The molecule has 6 heteroatoms. The normalized spacial score (nSPS) is 11.6. The summed E-state index contributed by atoms with van der Waals surface area (Å²) < 4.78 is 14.9. The van der Waals surface area contributed by atoms with E-state index in [1.807, 2.05) is 60.7 Å². The smallest absolute Gasteiger partial charge is 0.344 e. The molecule has 2 rings (SSSR count). The number of hydrogen-bond donors (Lipinski definition) is 1. The van der Waals surface area contributed by atoms with Gasteiger partial charge >= 0.3 is 11.9 Å². The summed E-state index contributed by atoms with van der Waals surface area (Å²) in [7, 11) is 0. The van der Waals surface area contributed by atoms with Gasteiger partial charge in [0.15, 0.2) is 12.7 Å². The highest BCUT2D eigenvalue weighted by atomic mass is 16.6. The third kappa shape index (κ3) is 7.15. The number of ether oxygens (including phenoxy) is 3. The lowest BCUT2D eigenvalue weighted by Gasteiger charge is -2.11. The Hall–Kier alpha value is -2.70. The van der Waals surface area contributed by atoms with E-state index < -0.39 is 24.6 Å². The average Bonchev–Trinajstić information content (AvgIpc) is 2.66. The van der Waals surface area contributed by atoms with E-state index in [4.69, 9.17) is 14.2 Å². The van der Waals surface area contributed by atoms with Gasteiger partial charge in [-0.25, -0.2) is 9.59 Å². The van der Waals surface area contributed by atoms with Crippen LogP contribution in [-0.4, -0.2) is 36.4 Å². The average molecular weight is 344 g/mol. The lowest BCUT2D eigenvalue weighted by Crippen LogP contribution is -2.30. The van der Waals surface area contributed by atoms with Gasteiger partial charge in [0.05, 0.1) is 13.2 Å². The highest BCUT2D eigenvalue weighted by Gasteiger charge is 2.18. The van der Waals surface area contributed by atoms with Crippen LogP contribution >= 0.6 is 0 Å². The van der Waals surface area contributed by atoms with Crippen LogP contribution in [0.4, 0.5) is 0 Å². The van der Waals surface area contributed by atoms with E-state index in [0.717, 1.165) is 11.1 Å². The summed E-state index contributed by atoms with van der Waals surface area (Å²) in [5, 5.41) is 9.66. The van der Waals surface area contributed by atoms with E-state index in [2.05, 4.69) is 0 Å². The summed E-state index contributed by atoms with van der Waals surface area (Å²) in [6.07, 6.45) is -1.45. The maximum Gasteiger partial charge on any atom is 0.344 e. The second kappa shape index (κ2) is 10.2. The minimum absolute atomic E-state index is 0.0972. The van der Waals surface area contributed by atoms with Crippen LogP contribution in [0.25, 0.3) is 0 Å². The Bertz CT molecular complexity index is 656. The van der Waals surface area contributed by atoms with E-state index in [1.165, 1.54) is 0 Å². The second-order valence-corrected chi connectivity index (χ2v) is 5.27. The summed E-state index contributed by atoms with van der Waals surface area (Å²) in [6, 6.07) is 18.5. The molecule has 0 fully saturated rings. The number of carbonyl (C=O) groups is 2. The number of benzene rings is 2. The molecule has 2 aromatic rings. The van der Waals surface area contributed by atoms with Crippen LogP contribution < -0.4 is 0 Å². The predicted molar refractivity (Wildman–Crippen MR) is 89.3 cm³/mol. The zero-order valence-corrected chi connectivity index (χ0v) is 13.7. The van der Waals surface area contributed by atoms with Gasteiger partial charge in [0, 0.05) is 0 Å². The lowest BCUT2D eigenvalue weighted by atomic mass is 10.2. The summed E-state index contributed by atoms with van der Waals surface area (Å²) in [5.41, 5.74) is 1.75. The van der Waals surface area contributed by atoms with E-state index in [1.54, 1.807) is 0 Å². The van der Waals surface area contributed by atoms with Crippen molar-refractivity contribution in [1.29, 1.82) is 0 Å². The highest BCUT2D eigenvalue weighted by Crippen LogP contribution is 2.03. The summed E-state index contributed by atoms with van der Waals surface area (Å²) in [4.78, 5) is 23.1. The van der Waals surface area contributed by atoms with Crippen molar-refractivity contribution < 1.29 is 28.9 Å². The predicted octanol–water partition coefficient (Wildman–Crippen LogP) is 1.85. The van der Waals surface area contributed by atoms with Crippen LogP contribution in [0.15, 0.2) is 60.7 Å². The molecule has 0 radical (unpaired) electrons. The van der Waals surface area contributed by atoms with E-state index >= 15 is 0 Å². The van der Waals surface area contributed by atoms with Crippen molar-refractivity contribution in [3.8, 4) is 0 Å². The van der Waals surface area contributed by atoms with Crippen molar-refractivity contribution in [3.63, 3.8) is 0 Å². The van der Waals surface area contributed by atoms with Crippen LogP contribution in [0.1, 0.15) is 11.1 Å². The maximum atomic E-state index is 11.6. The van der Waals surface area contributed by atoms with Gasteiger partial charge in [-0.15, -0.1) is 0 Å². The molecular formula is C19H20O6. The van der Waals surface area contributed by atoms with Crippen LogP contribution in [0.3, 0.4) is 0 Å². The molecule has 1 unspecified atom stereocenters. The summed E-state index contributed by atoms with van der Waals surface area (Å²) in [5.74, 6) is -1.61. The van der Waals surface area contributed by atoms with Gasteiger partial charge in [0.25, 0.3) is 0 Å². The van der Waals surface area contributed by atoms with Gasteiger partial charge < -0.3 is 19.3 Å². The molecule has 0 bridgehead atoms. The fourth-order valence-corrected chi connectivity index (χ4v) is 1.94. The molecule has 0 aromatic heterocycles. The largest absolute Gasteiger partial charge is 0.458 e. The quantitative estimate of drug-likeness (QED) is 0.699. The third-order valence-electron chi connectivity index (χ3n) is 3.23. The number of carbonyl (C=O) groups excluding carboxylic acids is 2. The minimum atomic E-state index is -1.45. The Labute approximate surface area is 146 Å². The van der Waals surface area contributed by atoms with Gasteiger partial charge in [-0.2, -0.15) is 0 Å². The maximum absolute atomic E-state index is 11.6. The molecule has 6 nitrogen and oxygen atoms in total. The molecule has 0 aliphatic rings. The molecular weight excluding hydrogens is 324 g/mol. The van der Waals surface area contributed by atoms with Crippen molar-refractivity contribution >= 4 is 11.9 Å². The molecule has 25 heavy (non-hydrogen) atoms. The van der Waals surface area contributed by atoms with Gasteiger partial charge in [0.2, 0.25) is 0 Å². The topological polar surface area (TPSA) is 82.1 Å². The lowest BCUT2D eigenvalue weighted by molar-refractivity contribution is -0.166. The summed E-state index contributed by atoms with van der Waals surface area (Å²) >= 11 is 0. The Morgan fingerprint density at radius 1 is 0.840 bits per heavy atom. The Morgan fingerprint density at radius 2 is 1.40 bits per heavy atom. The molecule has 0 heterocycles. The van der Waals surface area contributed by atoms with Crippen LogP contribution in [0.2, 0.25) is 0 Å². The van der Waals surface area contributed by atoms with Crippen LogP contribution in [0, 0.1) is 0 Å². The molecule has 132 valence electrons. The molecule has 0 aliphatic heterocycles. The number of esters is 2. The molecule has 0 saturated heterocycles. The number of aliphatic hydroxyl groups excluding tert-OH is 1. The first-order valence-electron chi connectivity index (χ1n) is 7.81. The van der Waals surface area contributed by atoms with Crippen molar-refractivity contribution in [2.75, 3.05) is 13.2 Å². The Morgan fingerprint density at radius 3 is 2.00 bits per heavy atom. The van der Waals surface area contributed by atoms with Crippen molar-refractivity contribution in [1.82, 2.24) is 0 Å². The molecule has 1 atom stereocenters. The number of aliphatic hydroxyl groups is 1. The van der Waals surface area contributed by atoms with E-state index in [9.17, 15) is 14.7 Å². The van der Waals surface area contributed by atoms with Crippen LogP contribution in [-0.2, 0) is 37.0 Å². The van der Waals surface area contributed by atoms with E-state index in [-0.39, 0.29) is 19.8 Å². The monoisotopic (exact) mass is 344 g/mol. The minimum Gasteiger partial charge on any atom is -0.458 e. The number of hydrogen-bond acceptors (Lipinski definition) is 6. The first kappa shape index (κ1) is 18.6. The second-order valence-electron chi connectivity index (χ2n) is 5.27. The highest BCUT2D eigenvalue weighted by molar-refractivity contribution is 5.79. The molecule has 2 aromatic carbocycles. The van der Waals surface area contributed by atoms with Gasteiger partial charge in [-0.3, -0.25) is 0 Å². The Balaban J connectivity index is 1.61. The third-order valence-corrected chi connectivity index (χ3v) is 3.23. The molecule has 0 saturated carbocycles. The first-order chi connectivity index (χ1) is 12.1. The summed E-state index contributed by atoms with van der Waals surface area (Å²) in [6.45, 7) is -0.404. The van der Waals surface area contributed by atoms with Crippen molar-refractivity contribution in [3.05, 3.63) is 71.8 Å². The standard InChI is InChI=1S/C19H20O6/c20-17(13-23-11-15-7-3-1-4-8-15)19(22)25-14-18(21)24-12-16-9-5-2-6-10-16/h1-10,17,20H,11-14H2. The van der Waals surface area contributed by atoms with Crippen LogP contribution in [0.5, 0.6) is 0 Å². The first-order valence-corrected chi connectivity index (χ1v) is 7.81. The molecule has 0 aliphatic carbocycles. The Kier molecular flexibility index (Phi) is 7.62. The molecule has 0 amide bonds. The SMILES string of the molecule is O=C(COC(=O)C(O)COCc1ccccc1)OCc1ccccc1. The zero-order valence-electron chi connectivity index (χ0n) is 13.7. The molecule has 0 spiro atoms.